The molecule has 0 bridgehead atoms. The van der Waals surface area contributed by atoms with Crippen molar-refractivity contribution >= 4 is 29.2 Å². The fourth-order valence-electron chi connectivity index (χ4n) is 0.919. The summed E-state index contributed by atoms with van der Waals surface area (Å²) >= 11 is 10.7. The largest absolute Gasteiger partial charge is 0.478 e. The highest BCUT2D eigenvalue weighted by atomic mass is 35.5. The van der Waals surface area contributed by atoms with Crippen LogP contribution in [-0.4, -0.2) is 11.1 Å². The van der Waals surface area contributed by atoms with Gasteiger partial charge in [0.15, 0.2) is 0 Å². The van der Waals surface area contributed by atoms with Gasteiger partial charge in [-0.05, 0) is 12.1 Å². The fraction of sp³-hybridized carbons (Fsp3) is 0.125. The Labute approximate surface area is 92.2 Å². The summed E-state index contributed by atoms with van der Waals surface area (Å²) in [6.45, 7) is 0. The van der Waals surface area contributed by atoms with Gasteiger partial charge >= 0.3 is 12.1 Å². The van der Waals surface area contributed by atoms with Gasteiger partial charge in [-0.25, -0.2) is 4.79 Å². The van der Waals surface area contributed by atoms with Crippen LogP contribution in [0.2, 0.25) is 10.0 Å². The molecule has 82 valence electrons. The van der Waals surface area contributed by atoms with E-state index in [2.05, 4.69) is 0 Å². The van der Waals surface area contributed by atoms with Crippen molar-refractivity contribution < 1.29 is 23.1 Å². The number of carbonyl (C=O) groups is 1. The van der Waals surface area contributed by atoms with E-state index < -0.39 is 33.3 Å². The molecule has 1 rings (SSSR count). The number of rotatable bonds is 1. The molecule has 0 saturated carbocycles. The smallest absolute Gasteiger partial charge is 0.417 e. The highest BCUT2D eigenvalue weighted by Gasteiger charge is 2.35. The average molecular weight is 259 g/mol. The first kappa shape index (κ1) is 12.1. The van der Waals surface area contributed by atoms with E-state index >= 15 is 0 Å². The molecule has 0 amide bonds. The van der Waals surface area contributed by atoms with Gasteiger partial charge in [-0.2, -0.15) is 13.2 Å². The minimum absolute atomic E-state index is 0.441. The van der Waals surface area contributed by atoms with Crippen molar-refractivity contribution in [2.75, 3.05) is 0 Å². The molecule has 2 nitrogen and oxygen atoms in total. The highest BCUT2D eigenvalue weighted by Crippen LogP contribution is 2.38. The monoisotopic (exact) mass is 258 g/mol. The van der Waals surface area contributed by atoms with Crippen LogP contribution in [-0.2, 0) is 6.18 Å². The fourth-order valence-corrected chi connectivity index (χ4v) is 1.35. The number of aromatic carboxylic acids is 1. The lowest BCUT2D eigenvalue weighted by atomic mass is 10.1. The molecule has 1 aromatic rings. The van der Waals surface area contributed by atoms with Crippen LogP contribution in [0.15, 0.2) is 12.1 Å². The first-order valence-corrected chi connectivity index (χ1v) is 4.28. The van der Waals surface area contributed by atoms with E-state index in [9.17, 15) is 18.0 Å². The van der Waals surface area contributed by atoms with Gasteiger partial charge < -0.3 is 5.11 Å². The maximum Gasteiger partial charge on any atom is 0.417 e. The lowest BCUT2D eigenvalue weighted by Gasteiger charge is -2.10. The summed E-state index contributed by atoms with van der Waals surface area (Å²) in [4.78, 5) is 10.5. The Hall–Kier alpha value is -0.940. The van der Waals surface area contributed by atoms with Crippen LogP contribution in [0.1, 0.15) is 15.9 Å². The maximum absolute atomic E-state index is 12.3. The lowest BCUT2D eigenvalue weighted by Crippen LogP contribution is -2.08. The van der Waals surface area contributed by atoms with Gasteiger partial charge in [-0.3, -0.25) is 0 Å². The molecule has 0 aliphatic carbocycles. The minimum Gasteiger partial charge on any atom is -0.478 e. The van der Waals surface area contributed by atoms with Gasteiger partial charge in [0.05, 0.1) is 21.2 Å². The Balaban J connectivity index is 3.45. The molecule has 1 N–H and O–H groups in total. The third-order valence-corrected chi connectivity index (χ3v) is 2.38. The minimum atomic E-state index is -4.73. The van der Waals surface area contributed by atoms with Crippen LogP contribution in [0.5, 0.6) is 0 Å². The number of carboxylic acid groups (broad SMARTS) is 1. The second-order valence-corrected chi connectivity index (χ2v) is 3.41. The lowest BCUT2D eigenvalue weighted by molar-refractivity contribution is -0.137. The first-order chi connectivity index (χ1) is 6.73. The predicted octanol–water partition coefficient (Wildman–Crippen LogP) is 3.71. The Morgan fingerprint density at radius 1 is 1.27 bits per heavy atom. The number of carboxylic acids is 1. The van der Waals surface area contributed by atoms with Crippen molar-refractivity contribution in [2.24, 2.45) is 0 Å². The molecule has 0 aliphatic heterocycles. The molecule has 0 spiro atoms. The second-order valence-electron chi connectivity index (χ2n) is 2.62. The number of hydrogen-bond acceptors (Lipinski definition) is 1. The van der Waals surface area contributed by atoms with Crippen molar-refractivity contribution in [1.29, 1.82) is 0 Å². The van der Waals surface area contributed by atoms with Gasteiger partial charge in [0.1, 0.15) is 0 Å². The molecule has 0 heterocycles. The summed E-state index contributed by atoms with van der Waals surface area (Å²) in [6, 6.07) is 1.30. The van der Waals surface area contributed by atoms with E-state index in [1.54, 1.807) is 0 Å². The highest BCUT2D eigenvalue weighted by molar-refractivity contribution is 6.42. The number of alkyl halides is 3. The van der Waals surface area contributed by atoms with Gasteiger partial charge in [-0.1, -0.05) is 23.2 Å². The Bertz CT molecular complexity index is 415. The molecule has 1 aromatic carbocycles. The van der Waals surface area contributed by atoms with Crippen molar-refractivity contribution in [3.63, 3.8) is 0 Å². The Morgan fingerprint density at radius 2 is 1.80 bits per heavy atom. The Kier molecular flexibility index (Phi) is 3.16. The predicted molar refractivity (Wildman–Crippen MR) is 48.4 cm³/mol. The quantitative estimate of drug-likeness (QED) is 0.834. The first-order valence-electron chi connectivity index (χ1n) is 3.53. The van der Waals surface area contributed by atoms with Crippen LogP contribution in [0.25, 0.3) is 0 Å². The molecule has 7 heteroatoms. The van der Waals surface area contributed by atoms with Crippen LogP contribution in [0.4, 0.5) is 13.2 Å². The summed E-state index contributed by atoms with van der Waals surface area (Å²) in [5.41, 5.74) is -1.81. The normalized spacial score (nSPS) is 11.5. The average Bonchev–Trinajstić information content (AvgIpc) is 2.06. The standard InChI is InChI=1S/C8H3Cl2F3O2/c9-5-2-3(7(14)15)1-4(6(5)10)8(11,12)13/h1-2H,(H,14,15). The van der Waals surface area contributed by atoms with Crippen LogP contribution in [0.3, 0.4) is 0 Å². The number of benzene rings is 1. The van der Waals surface area contributed by atoms with Gasteiger partial charge in [0.25, 0.3) is 0 Å². The van der Waals surface area contributed by atoms with E-state index in [4.69, 9.17) is 28.3 Å². The van der Waals surface area contributed by atoms with E-state index in [1.807, 2.05) is 0 Å². The Morgan fingerprint density at radius 3 is 2.20 bits per heavy atom. The SMILES string of the molecule is O=C(O)c1cc(Cl)c(Cl)c(C(F)(F)F)c1. The summed E-state index contributed by atoms with van der Waals surface area (Å²) < 4.78 is 37.0. The molecule has 0 radical (unpaired) electrons. The maximum atomic E-state index is 12.3. The van der Waals surface area contributed by atoms with Crippen molar-refractivity contribution in [1.82, 2.24) is 0 Å². The second kappa shape index (κ2) is 3.90. The molecule has 0 atom stereocenters. The molecular weight excluding hydrogens is 256 g/mol. The van der Waals surface area contributed by atoms with Gasteiger partial charge in [-0.15, -0.1) is 0 Å². The summed E-state index contributed by atoms with van der Waals surface area (Å²) in [6.07, 6.45) is -4.73. The van der Waals surface area contributed by atoms with Crippen LogP contribution < -0.4 is 0 Å². The summed E-state index contributed by atoms with van der Waals surface area (Å²) in [7, 11) is 0. The third-order valence-electron chi connectivity index (χ3n) is 1.58. The van der Waals surface area contributed by atoms with Gasteiger partial charge in [0, 0.05) is 0 Å². The topological polar surface area (TPSA) is 37.3 Å². The molecule has 0 aliphatic rings. The molecule has 15 heavy (non-hydrogen) atoms. The van der Waals surface area contributed by atoms with Crippen LogP contribution >= 0.6 is 23.2 Å². The van der Waals surface area contributed by atoms with Gasteiger partial charge in [0.2, 0.25) is 0 Å². The van der Waals surface area contributed by atoms with Crippen molar-refractivity contribution in [3.05, 3.63) is 33.3 Å². The molecule has 0 unspecified atom stereocenters. The van der Waals surface area contributed by atoms with E-state index in [0.717, 1.165) is 6.07 Å². The zero-order chi connectivity index (χ0) is 11.8. The molecule has 0 aromatic heterocycles. The summed E-state index contributed by atoms with van der Waals surface area (Å²) in [5.74, 6) is -1.50. The molecule has 0 fully saturated rings. The summed E-state index contributed by atoms with van der Waals surface area (Å²) in [5, 5.41) is 7.38. The number of hydrogen-bond donors (Lipinski definition) is 1. The zero-order valence-electron chi connectivity index (χ0n) is 6.90. The van der Waals surface area contributed by atoms with Crippen LogP contribution in [0, 0.1) is 0 Å². The van der Waals surface area contributed by atoms with E-state index in [-0.39, 0.29) is 0 Å². The van der Waals surface area contributed by atoms with Crippen molar-refractivity contribution in [2.45, 2.75) is 6.18 Å². The molecular formula is C8H3Cl2F3O2. The zero-order valence-corrected chi connectivity index (χ0v) is 8.41. The van der Waals surface area contributed by atoms with E-state index in [0.29, 0.717) is 6.07 Å². The number of halogens is 5. The molecule has 0 saturated heterocycles. The van der Waals surface area contributed by atoms with E-state index in [1.165, 1.54) is 0 Å². The van der Waals surface area contributed by atoms with Crippen molar-refractivity contribution in [3.8, 4) is 0 Å². The third kappa shape index (κ3) is 2.54.